The second kappa shape index (κ2) is 7.51. The third-order valence-electron chi connectivity index (χ3n) is 5.16. The predicted molar refractivity (Wildman–Crippen MR) is 117 cm³/mol. The van der Waals surface area contributed by atoms with Crippen LogP contribution < -0.4 is 16.6 Å². The van der Waals surface area contributed by atoms with Gasteiger partial charge in [0.05, 0.1) is 17.6 Å². The number of nitrogens with one attached hydrogen (secondary N) is 2. The molecular formula is C23H22N4O3. The molecule has 7 heteroatoms. The number of carbonyl (C=O) groups is 1. The summed E-state index contributed by atoms with van der Waals surface area (Å²) in [5.41, 5.74) is 3.31. The Kier molecular flexibility index (Phi) is 4.87. The first-order valence-corrected chi connectivity index (χ1v) is 9.60. The lowest BCUT2D eigenvalue weighted by Gasteiger charge is -2.09. The Morgan fingerprint density at radius 2 is 1.80 bits per heavy atom. The van der Waals surface area contributed by atoms with Crippen LogP contribution in [0.25, 0.3) is 11.0 Å². The molecule has 4 rings (SSSR count). The van der Waals surface area contributed by atoms with E-state index < -0.39 is 11.2 Å². The summed E-state index contributed by atoms with van der Waals surface area (Å²) in [6, 6.07) is 15.0. The zero-order chi connectivity index (χ0) is 21.4. The molecule has 2 aromatic heterocycles. The smallest absolute Gasteiger partial charge is 0.329 e. The van der Waals surface area contributed by atoms with E-state index >= 15 is 0 Å². The third-order valence-corrected chi connectivity index (χ3v) is 5.16. The fraction of sp³-hybridized carbons (Fsp3) is 0.174. The van der Waals surface area contributed by atoms with Gasteiger partial charge in [-0.2, -0.15) is 0 Å². The highest BCUT2D eigenvalue weighted by molar-refractivity contribution is 6.12. The van der Waals surface area contributed by atoms with Crippen LogP contribution in [-0.2, 0) is 13.6 Å². The number of fused-ring (bicyclic) bond motifs is 1. The zero-order valence-electron chi connectivity index (χ0n) is 17.0. The number of rotatable bonds is 4. The van der Waals surface area contributed by atoms with E-state index in [1.165, 1.54) is 0 Å². The van der Waals surface area contributed by atoms with Crippen molar-refractivity contribution in [2.75, 3.05) is 5.32 Å². The molecule has 1 amide bonds. The summed E-state index contributed by atoms with van der Waals surface area (Å²) in [5, 5.41) is 2.87. The van der Waals surface area contributed by atoms with Gasteiger partial charge in [-0.3, -0.25) is 14.2 Å². The Bertz CT molecular complexity index is 1380. The Hall–Kier alpha value is -3.87. The molecular weight excluding hydrogens is 380 g/mol. The SMILES string of the molecule is Cc1ccc(NC(=O)c2cn(C)c3c(=O)n(Cc4ccccc4)c(=O)[nH]c23)c(C)c1. The molecule has 0 radical (unpaired) electrons. The first-order valence-electron chi connectivity index (χ1n) is 9.60. The highest BCUT2D eigenvalue weighted by atomic mass is 16.2. The fourth-order valence-electron chi connectivity index (χ4n) is 3.63. The van der Waals surface area contributed by atoms with Crippen LogP contribution in [0.3, 0.4) is 0 Å². The molecule has 2 heterocycles. The van der Waals surface area contributed by atoms with E-state index in [-0.39, 0.29) is 29.0 Å². The summed E-state index contributed by atoms with van der Waals surface area (Å²) in [5.74, 6) is -0.386. The molecule has 0 aliphatic rings. The van der Waals surface area contributed by atoms with Gasteiger partial charge in [0.1, 0.15) is 5.52 Å². The van der Waals surface area contributed by atoms with Crippen molar-refractivity contribution >= 4 is 22.6 Å². The van der Waals surface area contributed by atoms with Gasteiger partial charge in [0.25, 0.3) is 11.5 Å². The van der Waals surface area contributed by atoms with Gasteiger partial charge >= 0.3 is 5.69 Å². The van der Waals surface area contributed by atoms with Gasteiger partial charge in [-0.25, -0.2) is 4.79 Å². The highest BCUT2D eigenvalue weighted by Gasteiger charge is 2.20. The minimum atomic E-state index is -0.553. The molecule has 0 atom stereocenters. The summed E-state index contributed by atoms with van der Waals surface area (Å²) in [7, 11) is 1.68. The number of aryl methyl sites for hydroxylation is 3. The molecule has 0 saturated carbocycles. The number of hydrogen-bond donors (Lipinski definition) is 2. The summed E-state index contributed by atoms with van der Waals surface area (Å²) in [6.07, 6.45) is 1.56. The molecule has 4 aromatic rings. The van der Waals surface area contributed by atoms with Gasteiger partial charge in [0, 0.05) is 18.9 Å². The van der Waals surface area contributed by atoms with Crippen LogP contribution in [-0.4, -0.2) is 20.0 Å². The number of amides is 1. The number of carbonyl (C=O) groups excluding carboxylic acids is 1. The van der Waals surface area contributed by atoms with E-state index in [1.54, 1.807) is 17.8 Å². The van der Waals surface area contributed by atoms with E-state index in [4.69, 9.17) is 0 Å². The first kappa shape index (κ1) is 19.4. The Labute approximate surface area is 172 Å². The maximum atomic E-state index is 13.1. The van der Waals surface area contributed by atoms with Crippen LogP contribution in [0.2, 0.25) is 0 Å². The average Bonchev–Trinajstić information content (AvgIpc) is 3.04. The number of aromatic nitrogens is 3. The van der Waals surface area contributed by atoms with Crippen molar-refractivity contribution < 1.29 is 4.79 Å². The van der Waals surface area contributed by atoms with Crippen LogP contribution in [0.15, 0.2) is 64.3 Å². The van der Waals surface area contributed by atoms with Crippen LogP contribution >= 0.6 is 0 Å². The van der Waals surface area contributed by atoms with Crippen LogP contribution in [0.1, 0.15) is 27.0 Å². The monoisotopic (exact) mass is 402 g/mol. The first-order chi connectivity index (χ1) is 14.3. The topological polar surface area (TPSA) is 88.9 Å². The minimum Gasteiger partial charge on any atom is -0.344 e. The van der Waals surface area contributed by atoms with E-state index in [0.29, 0.717) is 5.69 Å². The zero-order valence-corrected chi connectivity index (χ0v) is 17.0. The Morgan fingerprint density at radius 1 is 1.07 bits per heavy atom. The maximum Gasteiger partial charge on any atom is 0.329 e. The van der Waals surface area contributed by atoms with Crippen LogP contribution in [0.4, 0.5) is 5.69 Å². The Morgan fingerprint density at radius 3 is 2.50 bits per heavy atom. The number of aromatic amines is 1. The van der Waals surface area contributed by atoms with Gasteiger partial charge in [-0.05, 0) is 31.0 Å². The molecule has 0 aliphatic heterocycles. The Balaban J connectivity index is 1.77. The molecule has 0 fully saturated rings. The lowest BCUT2D eigenvalue weighted by Crippen LogP contribution is -2.36. The molecule has 152 valence electrons. The van der Waals surface area contributed by atoms with Crippen molar-refractivity contribution in [3.05, 3.63) is 97.8 Å². The molecule has 0 bridgehead atoms. The second-order valence-electron chi connectivity index (χ2n) is 7.46. The molecule has 2 N–H and O–H groups in total. The number of hydrogen-bond acceptors (Lipinski definition) is 3. The minimum absolute atomic E-state index is 0.153. The standard InChI is InChI=1S/C23H22N4O3/c1-14-9-10-18(15(2)11-14)24-21(28)17-13-26(3)20-19(17)25-23(30)27(22(20)29)12-16-7-5-4-6-8-16/h4-11,13H,12H2,1-3H3,(H,24,28)(H,25,30). The maximum absolute atomic E-state index is 13.1. The third kappa shape index (κ3) is 3.45. The largest absolute Gasteiger partial charge is 0.344 e. The van der Waals surface area contributed by atoms with Crippen LogP contribution in [0, 0.1) is 13.8 Å². The summed E-state index contributed by atoms with van der Waals surface area (Å²) >= 11 is 0. The van der Waals surface area contributed by atoms with Gasteiger partial charge < -0.3 is 14.9 Å². The molecule has 2 aromatic carbocycles. The van der Waals surface area contributed by atoms with Gasteiger partial charge in [0.2, 0.25) is 0 Å². The number of anilines is 1. The van der Waals surface area contributed by atoms with Crippen molar-refractivity contribution in [1.82, 2.24) is 14.1 Å². The van der Waals surface area contributed by atoms with E-state index in [1.807, 2.05) is 62.4 Å². The highest BCUT2D eigenvalue weighted by Crippen LogP contribution is 2.20. The molecule has 0 unspecified atom stereocenters. The van der Waals surface area contributed by atoms with Crippen molar-refractivity contribution in [3.63, 3.8) is 0 Å². The van der Waals surface area contributed by atoms with Gasteiger partial charge in [-0.1, -0.05) is 48.0 Å². The summed E-state index contributed by atoms with van der Waals surface area (Å²) in [6.45, 7) is 4.05. The van der Waals surface area contributed by atoms with E-state index in [2.05, 4.69) is 10.3 Å². The van der Waals surface area contributed by atoms with Crippen molar-refractivity contribution in [2.24, 2.45) is 7.05 Å². The van der Waals surface area contributed by atoms with Crippen molar-refractivity contribution in [1.29, 1.82) is 0 Å². The molecule has 0 saturated heterocycles. The van der Waals surface area contributed by atoms with Crippen LogP contribution in [0.5, 0.6) is 0 Å². The number of H-pyrrole nitrogens is 1. The molecule has 7 nitrogen and oxygen atoms in total. The molecule has 0 spiro atoms. The predicted octanol–water partition coefficient (Wildman–Crippen LogP) is 2.95. The lowest BCUT2D eigenvalue weighted by molar-refractivity contribution is 0.102. The normalized spacial score (nSPS) is 11.0. The van der Waals surface area contributed by atoms with Crippen molar-refractivity contribution in [2.45, 2.75) is 20.4 Å². The lowest BCUT2D eigenvalue weighted by atomic mass is 10.1. The summed E-state index contributed by atoms with van der Waals surface area (Å²) in [4.78, 5) is 41.4. The number of nitrogens with zero attached hydrogens (tertiary/aromatic N) is 2. The van der Waals surface area contributed by atoms with Crippen molar-refractivity contribution in [3.8, 4) is 0 Å². The summed E-state index contributed by atoms with van der Waals surface area (Å²) < 4.78 is 2.72. The fourth-order valence-corrected chi connectivity index (χ4v) is 3.63. The average molecular weight is 402 g/mol. The second-order valence-corrected chi connectivity index (χ2v) is 7.46. The van der Waals surface area contributed by atoms with E-state index in [0.717, 1.165) is 21.3 Å². The number of benzene rings is 2. The van der Waals surface area contributed by atoms with Gasteiger partial charge in [0.15, 0.2) is 0 Å². The van der Waals surface area contributed by atoms with E-state index in [9.17, 15) is 14.4 Å². The van der Waals surface area contributed by atoms with Gasteiger partial charge in [-0.15, -0.1) is 0 Å². The molecule has 30 heavy (non-hydrogen) atoms. The molecule has 0 aliphatic carbocycles. The quantitative estimate of drug-likeness (QED) is 0.550.